The Hall–Kier alpha value is -5.75. The third-order valence-electron chi connectivity index (χ3n) is 13.1. The Bertz CT molecular complexity index is 1990. The van der Waals surface area contributed by atoms with Crippen molar-refractivity contribution < 1.29 is 28.6 Å². The monoisotopic (exact) mass is 1140 g/mol. The van der Waals surface area contributed by atoms with Crippen molar-refractivity contribution >= 4 is 17.9 Å². The summed E-state index contributed by atoms with van der Waals surface area (Å²) in [5.74, 6) is -0.984. The molecule has 0 aromatic rings. The van der Waals surface area contributed by atoms with Gasteiger partial charge in [0, 0.05) is 19.3 Å². The van der Waals surface area contributed by atoms with Gasteiger partial charge in [0.1, 0.15) is 13.2 Å². The molecule has 0 radical (unpaired) electrons. The lowest BCUT2D eigenvalue weighted by molar-refractivity contribution is -0.167. The number of carbonyl (C=O) groups is 3. The average molecular weight is 1140 g/mol. The molecule has 0 saturated carbocycles. The zero-order valence-corrected chi connectivity index (χ0v) is 52.9. The van der Waals surface area contributed by atoms with Gasteiger partial charge in [-0.3, -0.25) is 14.4 Å². The minimum Gasteiger partial charge on any atom is -0.462 e. The van der Waals surface area contributed by atoms with Gasteiger partial charge in [0.15, 0.2) is 6.10 Å². The maximum atomic E-state index is 12.9. The second-order valence-electron chi connectivity index (χ2n) is 20.9. The quantitative estimate of drug-likeness (QED) is 0.0261. The maximum absolute atomic E-state index is 12.9. The molecule has 6 nitrogen and oxygen atoms in total. The van der Waals surface area contributed by atoms with Crippen molar-refractivity contribution in [3.63, 3.8) is 0 Å². The van der Waals surface area contributed by atoms with Crippen LogP contribution in [0.3, 0.4) is 0 Å². The summed E-state index contributed by atoms with van der Waals surface area (Å²) in [7, 11) is 0. The summed E-state index contributed by atoms with van der Waals surface area (Å²) in [5, 5.41) is 0. The van der Waals surface area contributed by atoms with Gasteiger partial charge in [-0.15, -0.1) is 0 Å². The zero-order valence-electron chi connectivity index (χ0n) is 52.9. The highest BCUT2D eigenvalue weighted by molar-refractivity contribution is 5.71. The Kier molecular flexibility index (Phi) is 64.0. The molecule has 0 saturated heterocycles. The number of allylic oxidation sites excluding steroid dienone is 32. The summed E-state index contributed by atoms with van der Waals surface area (Å²) < 4.78 is 16.9. The van der Waals surface area contributed by atoms with Crippen LogP contribution in [-0.4, -0.2) is 37.2 Å². The molecule has 0 fully saturated rings. The number of hydrogen-bond donors (Lipinski definition) is 0. The van der Waals surface area contributed by atoms with Gasteiger partial charge in [-0.2, -0.15) is 0 Å². The maximum Gasteiger partial charge on any atom is 0.306 e. The van der Waals surface area contributed by atoms with Gasteiger partial charge in [-0.25, -0.2) is 0 Å². The van der Waals surface area contributed by atoms with Crippen LogP contribution in [0, 0.1) is 0 Å². The van der Waals surface area contributed by atoms with Crippen LogP contribution in [0.25, 0.3) is 0 Å². The highest BCUT2D eigenvalue weighted by Crippen LogP contribution is 2.13. The van der Waals surface area contributed by atoms with E-state index in [1.807, 2.05) is 0 Å². The summed E-state index contributed by atoms with van der Waals surface area (Å²) in [5.41, 5.74) is 0. The Balaban J connectivity index is 4.58. The fourth-order valence-corrected chi connectivity index (χ4v) is 8.26. The van der Waals surface area contributed by atoms with Crippen molar-refractivity contribution in [2.75, 3.05) is 13.2 Å². The lowest BCUT2D eigenvalue weighted by Crippen LogP contribution is -2.30. The molecule has 6 heteroatoms. The molecule has 0 heterocycles. The second-order valence-corrected chi connectivity index (χ2v) is 20.9. The highest BCUT2D eigenvalue weighted by Gasteiger charge is 2.19. The SMILES string of the molecule is CC/C=C\C/C=C\C/C=C\C/C=C\C/C=C\C/C=C\CCCCCCC(=O)OCC(COC(=O)CCCCCCC/C=C\C/C=C\C/C=C\C/C=C\C/C=C\CC)OC(=O)CCCCCCC/C=C\C/C=C\C/C=C\C/C=C\C/C=C\CC. The standard InChI is InChI=1S/C77H118O6/c1-4-7-10-13-16-19-22-25-28-31-34-37-38-41-43-46-49-52-55-58-61-64-67-70-76(79)82-73-74(83-77(80)71-68-65-62-59-56-53-50-47-44-40-36-33-30-27-24-21-18-15-12-9-6-3)72-81-75(78)69-66-63-60-57-54-51-48-45-42-39-35-32-29-26-23-20-17-14-11-8-5-2/h7-12,16-21,25-30,34-37,39-41,43,45,47-50,52,74H,4-6,13-15,22-24,31-33,38,42,44,46,51,53-73H2,1-3H3/b10-7-,11-8-,12-9-,19-16-,20-17-,21-18-,28-25-,29-26-,30-27-,37-34-,39-35-,40-36-,43-41-,48-45-,50-47-,52-49-. The van der Waals surface area contributed by atoms with Gasteiger partial charge >= 0.3 is 17.9 Å². The Morgan fingerprint density at radius 2 is 0.434 bits per heavy atom. The molecule has 0 aromatic heterocycles. The van der Waals surface area contributed by atoms with Crippen molar-refractivity contribution in [3.05, 3.63) is 194 Å². The minimum absolute atomic E-state index is 0.116. The van der Waals surface area contributed by atoms with E-state index in [9.17, 15) is 14.4 Å². The van der Waals surface area contributed by atoms with Crippen LogP contribution in [0.2, 0.25) is 0 Å². The summed E-state index contributed by atoms with van der Waals surface area (Å²) in [6, 6.07) is 0. The first-order chi connectivity index (χ1) is 41.0. The minimum atomic E-state index is -0.823. The lowest BCUT2D eigenvalue weighted by atomic mass is 10.1. The molecule has 0 aromatic carbocycles. The average Bonchev–Trinajstić information content (AvgIpc) is 3.49. The molecular weight excluding hydrogens is 1020 g/mol. The third kappa shape index (κ3) is 66.9. The lowest BCUT2D eigenvalue weighted by Gasteiger charge is -2.18. The van der Waals surface area contributed by atoms with Crippen molar-refractivity contribution in [1.29, 1.82) is 0 Å². The largest absolute Gasteiger partial charge is 0.462 e. The summed E-state index contributed by atoms with van der Waals surface area (Å²) >= 11 is 0. The summed E-state index contributed by atoms with van der Waals surface area (Å²) in [6.45, 7) is 6.24. The van der Waals surface area contributed by atoms with Crippen LogP contribution < -0.4 is 0 Å². The van der Waals surface area contributed by atoms with Gasteiger partial charge in [0.2, 0.25) is 0 Å². The van der Waals surface area contributed by atoms with E-state index in [2.05, 4.69) is 215 Å². The van der Waals surface area contributed by atoms with Crippen molar-refractivity contribution in [2.45, 2.75) is 258 Å². The molecule has 0 aliphatic heterocycles. The van der Waals surface area contributed by atoms with Gasteiger partial charge in [-0.1, -0.05) is 267 Å². The number of hydrogen-bond acceptors (Lipinski definition) is 6. The molecule has 0 aliphatic carbocycles. The van der Waals surface area contributed by atoms with Crippen LogP contribution in [0.4, 0.5) is 0 Å². The topological polar surface area (TPSA) is 78.9 Å². The Morgan fingerprint density at radius 3 is 0.675 bits per heavy atom. The number of rotatable bonds is 57. The van der Waals surface area contributed by atoms with Crippen molar-refractivity contribution in [3.8, 4) is 0 Å². The second kappa shape index (κ2) is 68.7. The van der Waals surface area contributed by atoms with E-state index >= 15 is 0 Å². The summed E-state index contributed by atoms with van der Waals surface area (Å²) in [4.78, 5) is 38.4. The van der Waals surface area contributed by atoms with Gasteiger partial charge < -0.3 is 14.2 Å². The van der Waals surface area contributed by atoms with Crippen LogP contribution in [0.1, 0.15) is 252 Å². The number of carbonyl (C=O) groups excluding carboxylic acids is 3. The van der Waals surface area contributed by atoms with Crippen LogP contribution in [-0.2, 0) is 28.6 Å². The molecule has 462 valence electrons. The predicted octanol–water partition coefficient (Wildman–Crippen LogP) is 23.0. The molecule has 83 heavy (non-hydrogen) atoms. The van der Waals surface area contributed by atoms with Crippen molar-refractivity contribution in [1.82, 2.24) is 0 Å². The molecule has 0 spiro atoms. The van der Waals surface area contributed by atoms with E-state index in [-0.39, 0.29) is 37.5 Å². The fraction of sp³-hybridized carbons (Fsp3) is 0.545. The first-order valence-corrected chi connectivity index (χ1v) is 32.9. The number of unbranched alkanes of at least 4 members (excludes halogenated alkanes) is 14. The zero-order chi connectivity index (χ0) is 59.9. The number of esters is 3. The Morgan fingerprint density at radius 1 is 0.241 bits per heavy atom. The first-order valence-electron chi connectivity index (χ1n) is 32.9. The van der Waals surface area contributed by atoms with Crippen LogP contribution in [0.15, 0.2) is 194 Å². The molecule has 0 rings (SSSR count). The van der Waals surface area contributed by atoms with E-state index in [4.69, 9.17) is 14.2 Å². The fourth-order valence-electron chi connectivity index (χ4n) is 8.26. The van der Waals surface area contributed by atoms with E-state index in [1.165, 1.54) is 0 Å². The van der Waals surface area contributed by atoms with Crippen LogP contribution >= 0.6 is 0 Å². The van der Waals surface area contributed by atoms with E-state index < -0.39 is 6.10 Å². The van der Waals surface area contributed by atoms with E-state index in [0.717, 1.165) is 212 Å². The first kappa shape index (κ1) is 77.2. The normalized spacial score (nSPS) is 13.4. The highest BCUT2D eigenvalue weighted by atomic mass is 16.6. The Labute approximate surface area is 509 Å². The molecule has 0 N–H and O–H groups in total. The molecule has 0 aliphatic rings. The van der Waals surface area contributed by atoms with Crippen molar-refractivity contribution in [2.24, 2.45) is 0 Å². The third-order valence-corrected chi connectivity index (χ3v) is 13.1. The van der Waals surface area contributed by atoms with Gasteiger partial charge in [0.05, 0.1) is 0 Å². The smallest absolute Gasteiger partial charge is 0.306 e. The predicted molar refractivity (Wildman–Crippen MR) is 361 cm³/mol. The van der Waals surface area contributed by atoms with Gasteiger partial charge in [0.25, 0.3) is 0 Å². The van der Waals surface area contributed by atoms with E-state index in [1.54, 1.807) is 0 Å². The van der Waals surface area contributed by atoms with E-state index in [0.29, 0.717) is 12.8 Å². The molecule has 1 unspecified atom stereocenters. The molecule has 0 amide bonds. The number of ether oxygens (including phenoxy) is 3. The van der Waals surface area contributed by atoms with Crippen LogP contribution in [0.5, 0.6) is 0 Å². The summed E-state index contributed by atoms with van der Waals surface area (Å²) in [6.07, 6.45) is 104. The van der Waals surface area contributed by atoms with Gasteiger partial charge in [-0.05, 0) is 161 Å². The molecular formula is C77H118O6. The molecule has 1 atom stereocenters. The molecule has 0 bridgehead atoms.